The summed E-state index contributed by atoms with van der Waals surface area (Å²) in [6.45, 7) is 1.99. The van der Waals surface area contributed by atoms with Gasteiger partial charge < -0.3 is 0 Å². The maximum absolute atomic E-state index is 8.76. The van der Waals surface area contributed by atoms with E-state index in [1.807, 2.05) is 55.1 Å². The molecule has 2 aromatic heterocycles. The van der Waals surface area contributed by atoms with Gasteiger partial charge in [0.25, 0.3) is 0 Å². The van der Waals surface area contributed by atoms with Gasteiger partial charge in [-0.3, -0.25) is 0 Å². The molecule has 78 valence electrons. The van der Waals surface area contributed by atoms with Gasteiger partial charge >= 0.3 is 0 Å². The Labute approximate surface area is 94.6 Å². The molecule has 0 aliphatic rings. The molecule has 2 rings (SSSR count). The summed E-state index contributed by atoms with van der Waals surface area (Å²) < 4.78 is 2.04. The smallest absolute Gasteiger partial charge is 0.214 e. The molecule has 0 amide bonds. The summed E-state index contributed by atoms with van der Waals surface area (Å²) in [5.74, 6) is 0. The van der Waals surface area contributed by atoms with Gasteiger partial charge in [-0.2, -0.15) is 5.26 Å². The van der Waals surface area contributed by atoms with Crippen LogP contribution >= 0.6 is 0 Å². The second-order valence-electron chi connectivity index (χ2n) is 3.69. The van der Waals surface area contributed by atoms with E-state index < -0.39 is 0 Å². The van der Waals surface area contributed by atoms with Gasteiger partial charge in [-0.15, -0.1) is 0 Å². The average molecular weight is 210 g/mol. The van der Waals surface area contributed by atoms with Crippen molar-refractivity contribution in [2.75, 3.05) is 0 Å². The van der Waals surface area contributed by atoms with Gasteiger partial charge in [-0.1, -0.05) is 0 Å². The van der Waals surface area contributed by atoms with Crippen molar-refractivity contribution in [2.24, 2.45) is 7.05 Å². The van der Waals surface area contributed by atoms with Crippen LogP contribution in [0.25, 0.3) is 11.3 Å². The van der Waals surface area contributed by atoms with E-state index in [2.05, 4.69) is 4.98 Å². The van der Waals surface area contributed by atoms with Crippen molar-refractivity contribution >= 4 is 0 Å². The Hall–Kier alpha value is -2.21. The standard InChI is InChI=1S/C13H12N3/c1-10-7-11(8-14)15-9-12(10)13-5-3-4-6-16(13)2/h3-7,9H,1-2H3/q+1. The Kier molecular flexibility index (Phi) is 2.65. The van der Waals surface area contributed by atoms with E-state index >= 15 is 0 Å². The maximum Gasteiger partial charge on any atom is 0.214 e. The van der Waals surface area contributed by atoms with E-state index in [9.17, 15) is 0 Å². The van der Waals surface area contributed by atoms with Crippen molar-refractivity contribution in [3.63, 3.8) is 0 Å². The zero-order chi connectivity index (χ0) is 11.5. The second kappa shape index (κ2) is 4.11. The van der Waals surface area contributed by atoms with Crippen LogP contribution < -0.4 is 4.57 Å². The highest BCUT2D eigenvalue weighted by Gasteiger charge is 2.11. The molecule has 0 fully saturated rings. The molecule has 0 atom stereocenters. The molecule has 0 unspecified atom stereocenters. The largest absolute Gasteiger partial charge is 0.245 e. The molecule has 0 N–H and O–H groups in total. The fourth-order valence-corrected chi connectivity index (χ4v) is 1.69. The fourth-order valence-electron chi connectivity index (χ4n) is 1.69. The zero-order valence-electron chi connectivity index (χ0n) is 9.31. The van der Waals surface area contributed by atoms with E-state index in [4.69, 9.17) is 5.26 Å². The van der Waals surface area contributed by atoms with Crippen LogP contribution in [0, 0.1) is 18.3 Å². The van der Waals surface area contributed by atoms with Crippen LogP contribution in [0.5, 0.6) is 0 Å². The number of hydrogen-bond donors (Lipinski definition) is 0. The van der Waals surface area contributed by atoms with Crippen LogP contribution in [-0.4, -0.2) is 4.98 Å². The highest BCUT2D eigenvalue weighted by molar-refractivity contribution is 5.60. The summed E-state index contributed by atoms with van der Waals surface area (Å²) in [6, 6.07) is 9.86. The average Bonchev–Trinajstić information content (AvgIpc) is 2.30. The molecule has 0 aromatic carbocycles. The van der Waals surface area contributed by atoms with Gasteiger partial charge in [-0.05, 0) is 24.6 Å². The predicted octanol–water partition coefficient (Wildman–Crippen LogP) is 1.75. The lowest BCUT2D eigenvalue weighted by molar-refractivity contribution is -0.660. The lowest BCUT2D eigenvalue weighted by Gasteiger charge is -2.03. The number of aryl methyl sites for hydroxylation is 2. The van der Waals surface area contributed by atoms with E-state index in [0.29, 0.717) is 5.69 Å². The molecule has 0 bridgehead atoms. The Morgan fingerprint density at radius 3 is 2.81 bits per heavy atom. The third-order valence-corrected chi connectivity index (χ3v) is 2.56. The van der Waals surface area contributed by atoms with Crippen molar-refractivity contribution < 1.29 is 4.57 Å². The van der Waals surface area contributed by atoms with Crippen LogP contribution in [0.4, 0.5) is 0 Å². The van der Waals surface area contributed by atoms with Gasteiger partial charge in [0, 0.05) is 18.3 Å². The first-order valence-electron chi connectivity index (χ1n) is 5.04. The highest BCUT2D eigenvalue weighted by atomic mass is 14.9. The van der Waals surface area contributed by atoms with E-state index in [-0.39, 0.29) is 0 Å². The van der Waals surface area contributed by atoms with Gasteiger partial charge in [0.05, 0.1) is 5.56 Å². The molecule has 2 heterocycles. The minimum absolute atomic E-state index is 0.458. The Morgan fingerprint density at radius 2 is 2.19 bits per heavy atom. The van der Waals surface area contributed by atoms with Crippen molar-refractivity contribution in [3.8, 4) is 17.3 Å². The number of nitriles is 1. The maximum atomic E-state index is 8.76. The first kappa shape index (κ1) is 10.3. The first-order chi connectivity index (χ1) is 7.72. The summed E-state index contributed by atoms with van der Waals surface area (Å²) in [5.41, 5.74) is 3.67. The second-order valence-corrected chi connectivity index (χ2v) is 3.69. The van der Waals surface area contributed by atoms with E-state index in [1.54, 1.807) is 6.20 Å². The molecule has 3 heteroatoms. The summed E-state index contributed by atoms with van der Waals surface area (Å²) in [6.07, 6.45) is 3.75. The Balaban J connectivity index is 2.58. The van der Waals surface area contributed by atoms with Crippen LogP contribution in [0.2, 0.25) is 0 Å². The quantitative estimate of drug-likeness (QED) is 0.673. The number of aromatic nitrogens is 2. The number of rotatable bonds is 1. The van der Waals surface area contributed by atoms with Gasteiger partial charge in [0.15, 0.2) is 6.20 Å². The highest BCUT2D eigenvalue weighted by Crippen LogP contribution is 2.18. The SMILES string of the molecule is Cc1cc(C#N)ncc1-c1cccc[n+]1C. The topological polar surface area (TPSA) is 40.6 Å². The normalized spacial score (nSPS) is 9.81. The molecule has 0 saturated carbocycles. The van der Waals surface area contributed by atoms with Crippen molar-refractivity contribution in [1.82, 2.24) is 4.98 Å². The van der Waals surface area contributed by atoms with Gasteiger partial charge in [0.1, 0.15) is 18.8 Å². The Bertz CT molecular complexity index is 568. The van der Waals surface area contributed by atoms with Crippen molar-refractivity contribution in [2.45, 2.75) is 6.92 Å². The fraction of sp³-hybridized carbons (Fsp3) is 0.154. The molecule has 0 aliphatic carbocycles. The van der Waals surface area contributed by atoms with E-state index in [1.165, 1.54) is 0 Å². The number of nitrogens with zero attached hydrogens (tertiary/aromatic N) is 3. The van der Waals surface area contributed by atoms with Gasteiger partial charge in [-0.25, -0.2) is 9.55 Å². The third kappa shape index (κ3) is 1.78. The summed E-state index contributed by atoms with van der Waals surface area (Å²) in [7, 11) is 1.99. The summed E-state index contributed by atoms with van der Waals surface area (Å²) >= 11 is 0. The lowest BCUT2D eigenvalue weighted by Crippen LogP contribution is -2.30. The molecule has 3 nitrogen and oxygen atoms in total. The predicted molar refractivity (Wildman–Crippen MR) is 60.3 cm³/mol. The zero-order valence-corrected chi connectivity index (χ0v) is 9.31. The van der Waals surface area contributed by atoms with Crippen LogP contribution in [0.1, 0.15) is 11.3 Å². The van der Waals surface area contributed by atoms with E-state index in [0.717, 1.165) is 16.8 Å². The molecular weight excluding hydrogens is 198 g/mol. The van der Waals surface area contributed by atoms with Crippen LogP contribution in [-0.2, 0) is 7.05 Å². The molecule has 2 aromatic rings. The third-order valence-electron chi connectivity index (χ3n) is 2.56. The molecule has 0 radical (unpaired) electrons. The summed E-state index contributed by atoms with van der Waals surface area (Å²) in [4.78, 5) is 4.10. The summed E-state index contributed by atoms with van der Waals surface area (Å²) in [5, 5.41) is 8.76. The molecular formula is C13H12N3+. The van der Waals surface area contributed by atoms with Gasteiger partial charge in [0.2, 0.25) is 5.69 Å². The number of hydrogen-bond acceptors (Lipinski definition) is 2. The Morgan fingerprint density at radius 1 is 1.38 bits per heavy atom. The monoisotopic (exact) mass is 210 g/mol. The minimum Gasteiger partial charge on any atom is -0.245 e. The molecule has 0 aliphatic heterocycles. The molecule has 0 saturated heterocycles. The molecule has 0 spiro atoms. The molecule has 16 heavy (non-hydrogen) atoms. The lowest BCUT2D eigenvalue weighted by atomic mass is 10.1. The minimum atomic E-state index is 0.458. The van der Waals surface area contributed by atoms with Crippen LogP contribution in [0.3, 0.4) is 0 Å². The van der Waals surface area contributed by atoms with Crippen molar-refractivity contribution in [1.29, 1.82) is 5.26 Å². The van der Waals surface area contributed by atoms with Crippen molar-refractivity contribution in [3.05, 3.63) is 47.9 Å². The first-order valence-corrected chi connectivity index (χ1v) is 5.04. The van der Waals surface area contributed by atoms with Crippen LogP contribution in [0.15, 0.2) is 36.7 Å². The number of pyridine rings is 2.